The monoisotopic (exact) mass is 194 g/mol. The Morgan fingerprint density at radius 2 is 2.29 bits per heavy atom. The van der Waals surface area contributed by atoms with Gasteiger partial charge in [-0.25, -0.2) is 0 Å². The summed E-state index contributed by atoms with van der Waals surface area (Å²) in [6, 6.07) is 1.97. The molecule has 1 atom stereocenters. The van der Waals surface area contributed by atoms with Crippen LogP contribution in [0.15, 0.2) is 12.3 Å². The summed E-state index contributed by atoms with van der Waals surface area (Å²) >= 11 is 0. The molecule has 14 heavy (non-hydrogen) atoms. The van der Waals surface area contributed by atoms with Crippen molar-refractivity contribution in [3.8, 4) is 0 Å². The Bertz CT molecular complexity index is 337. The van der Waals surface area contributed by atoms with E-state index in [1.807, 2.05) is 26.2 Å². The lowest BCUT2D eigenvalue weighted by Crippen LogP contribution is -2.36. The molecule has 0 amide bonds. The smallest absolute Gasteiger partial charge is 0.0728 e. The summed E-state index contributed by atoms with van der Waals surface area (Å²) in [7, 11) is 1.90. The van der Waals surface area contributed by atoms with Gasteiger partial charge in [-0.15, -0.1) is 0 Å². The van der Waals surface area contributed by atoms with Crippen LogP contribution in [0.25, 0.3) is 0 Å². The van der Waals surface area contributed by atoms with Gasteiger partial charge in [-0.1, -0.05) is 6.92 Å². The van der Waals surface area contributed by atoms with E-state index < -0.39 is 5.60 Å². The highest BCUT2D eigenvalue weighted by Crippen LogP contribution is 2.54. The lowest BCUT2D eigenvalue weighted by atomic mass is 9.84. The van der Waals surface area contributed by atoms with Crippen molar-refractivity contribution >= 4 is 0 Å². The van der Waals surface area contributed by atoms with Crippen molar-refractivity contribution in [3.05, 3.63) is 18.0 Å². The standard InChI is InChI=1S/C11H18N2O/c1-10(5-6-10)11(2,14)8-9-4-7-13(3)12-9/h4,7,14H,5-6,8H2,1-3H3. The largest absolute Gasteiger partial charge is 0.389 e. The number of aromatic nitrogens is 2. The molecule has 0 bridgehead atoms. The van der Waals surface area contributed by atoms with Crippen molar-refractivity contribution < 1.29 is 5.11 Å². The van der Waals surface area contributed by atoms with Crippen LogP contribution in [0.4, 0.5) is 0 Å². The van der Waals surface area contributed by atoms with Gasteiger partial charge in [0.05, 0.1) is 11.3 Å². The van der Waals surface area contributed by atoms with Crippen molar-refractivity contribution in [2.24, 2.45) is 12.5 Å². The van der Waals surface area contributed by atoms with Crippen molar-refractivity contribution in [1.29, 1.82) is 0 Å². The highest BCUT2D eigenvalue weighted by atomic mass is 16.3. The van der Waals surface area contributed by atoms with Crippen LogP contribution in [-0.2, 0) is 13.5 Å². The van der Waals surface area contributed by atoms with Crippen molar-refractivity contribution in [1.82, 2.24) is 9.78 Å². The van der Waals surface area contributed by atoms with Gasteiger partial charge in [0.15, 0.2) is 0 Å². The molecule has 1 unspecified atom stereocenters. The quantitative estimate of drug-likeness (QED) is 0.792. The molecule has 3 heteroatoms. The first-order valence-electron chi connectivity index (χ1n) is 5.14. The van der Waals surface area contributed by atoms with Gasteiger partial charge in [0.2, 0.25) is 0 Å². The van der Waals surface area contributed by atoms with E-state index in [9.17, 15) is 5.11 Å². The molecule has 0 aliphatic heterocycles. The zero-order chi connectivity index (χ0) is 10.4. The maximum atomic E-state index is 10.3. The highest BCUT2D eigenvalue weighted by Gasteiger charge is 2.52. The van der Waals surface area contributed by atoms with Crippen molar-refractivity contribution in [2.45, 2.75) is 38.7 Å². The van der Waals surface area contributed by atoms with Crippen LogP contribution in [0, 0.1) is 5.41 Å². The predicted octanol–water partition coefficient (Wildman–Crippen LogP) is 1.51. The molecule has 1 saturated carbocycles. The van der Waals surface area contributed by atoms with Gasteiger partial charge in [-0.05, 0) is 31.2 Å². The van der Waals surface area contributed by atoms with Crippen LogP contribution < -0.4 is 0 Å². The van der Waals surface area contributed by atoms with Gasteiger partial charge in [-0.3, -0.25) is 4.68 Å². The second-order valence-corrected chi connectivity index (χ2v) is 4.99. The zero-order valence-electron chi connectivity index (χ0n) is 9.12. The predicted molar refractivity (Wildman–Crippen MR) is 54.9 cm³/mol. The fraction of sp³-hybridized carbons (Fsp3) is 0.727. The Kier molecular flexibility index (Phi) is 1.96. The van der Waals surface area contributed by atoms with Crippen molar-refractivity contribution in [3.63, 3.8) is 0 Å². The third-order valence-corrected chi connectivity index (χ3v) is 3.59. The zero-order valence-corrected chi connectivity index (χ0v) is 9.12. The second kappa shape index (κ2) is 2.83. The molecular weight excluding hydrogens is 176 g/mol. The van der Waals surface area contributed by atoms with Crippen LogP contribution in [0.1, 0.15) is 32.4 Å². The van der Waals surface area contributed by atoms with Gasteiger partial charge >= 0.3 is 0 Å². The van der Waals surface area contributed by atoms with E-state index >= 15 is 0 Å². The molecule has 0 saturated heterocycles. The number of rotatable bonds is 3. The van der Waals surface area contributed by atoms with E-state index in [1.165, 1.54) is 0 Å². The summed E-state index contributed by atoms with van der Waals surface area (Å²) in [6.45, 7) is 4.07. The Labute approximate surface area is 84.7 Å². The van der Waals surface area contributed by atoms with Crippen LogP contribution in [0.2, 0.25) is 0 Å². The van der Waals surface area contributed by atoms with Crippen LogP contribution in [0.3, 0.4) is 0 Å². The van der Waals surface area contributed by atoms with Crippen LogP contribution >= 0.6 is 0 Å². The molecular formula is C11H18N2O. The number of aliphatic hydroxyl groups is 1. The summed E-state index contributed by atoms with van der Waals surface area (Å²) in [5.41, 5.74) is 0.483. The van der Waals surface area contributed by atoms with E-state index in [2.05, 4.69) is 12.0 Å². The normalized spacial score (nSPS) is 23.1. The molecule has 1 aromatic heterocycles. The Hall–Kier alpha value is -0.830. The minimum atomic E-state index is -0.610. The first kappa shape index (κ1) is 9.71. The fourth-order valence-electron chi connectivity index (χ4n) is 1.85. The van der Waals surface area contributed by atoms with E-state index in [1.54, 1.807) is 4.68 Å². The molecule has 2 rings (SSSR count). The van der Waals surface area contributed by atoms with Gasteiger partial charge in [0.25, 0.3) is 0 Å². The minimum Gasteiger partial charge on any atom is -0.389 e. The summed E-state index contributed by atoms with van der Waals surface area (Å²) in [4.78, 5) is 0. The van der Waals surface area contributed by atoms with Crippen molar-refractivity contribution in [2.75, 3.05) is 0 Å². The minimum absolute atomic E-state index is 0.116. The summed E-state index contributed by atoms with van der Waals surface area (Å²) in [5, 5.41) is 14.6. The molecule has 0 radical (unpaired) electrons. The molecule has 1 fully saturated rings. The summed E-state index contributed by atoms with van der Waals surface area (Å²) in [6.07, 6.45) is 4.84. The van der Waals surface area contributed by atoms with Gasteiger partial charge in [0, 0.05) is 19.7 Å². The molecule has 1 N–H and O–H groups in total. The molecule has 1 aliphatic rings. The molecule has 78 valence electrons. The van der Waals surface area contributed by atoms with E-state index in [0.29, 0.717) is 6.42 Å². The average Bonchev–Trinajstić information content (AvgIpc) is 2.70. The van der Waals surface area contributed by atoms with Crippen LogP contribution in [-0.4, -0.2) is 20.5 Å². The number of aryl methyl sites for hydroxylation is 1. The average molecular weight is 194 g/mol. The first-order chi connectivity index (χ1) is 6.43. The molecule has 0 aromatic carbocycles. The Balaban J connectivity index is 2.10. The highest BCUT2D eigenvalue weighted by molar-refractivity contribution is 5.11. The third-order valence-electron chi connectivity index (χ3n) is 3.59. The Morgan fingerprint density at radius 3 is 2.71 bits per heavy atom. The molecule has 0 spiro atoms. The molecule has 3 nitrogen and oxygen atoms in total. The number of nitrogens with zero attached hydrogens (tertiary/aromatic N) is 2. The van der Waals surface area contributed by atoms with E-state index in [-0.39, 0.29) is 5.41 Å². The fourth-order valence-corrected chi connectivity index (χ4v) is 1.85. The second-order valence-electron chi connectivity index (χ2n) is 4.99. The molecule has 1 heterocycles. The topological polar surface area (TPSA) is 38.0 Å². The number of hydrogen-bond donors (Lipinski definition) is 1. The maximum absolute atomic E-state index is 10.3. The van der Waals surface area contributed by atoms with Gasteiger partial charge < -0.3 is 5.11 Å². The number of hydrogen-bond acceptors (Lipinski definition) is 2. The van der Waals surface area contributed by atoms with E-state index in [4.69, 9.17) is 0 Å². The first-order valence-corrected chi connectivity index (χ1v) is 5.14. The summed E-state index contributed by atoms with van der Waals surface area (Å²) < 4.78 is 1.78. The van der Waals surface area contributed by atoms with Gasteiger partial charge in [0.1, 0.15) is 0 Å². The lowest BCUT2D eigenvalue weighted by Gasteiger charge is -2.29. The summed E-state index contributed by atoms with van der Waals surface area (Å²) in [5.74, 6) is 0. The molecule has 1 aromatic rings. The lowest BCUT2D eigenvalue weighted by molar-refractivity contribution is -0.00791. The van der Waals surface area contributed by atoms with Gasteiger partial charge in [-0.2, -0.15) is 5.10 Å². The third kappa shape index (κ3) is 1.57. The maximum Gasteiger partial charge on any atom is 0.0728 e. The Morgan fingerprint density at radius 1 is 1.64 bits per heavy atom. The van der Waals surface area contributed by atoms with Crippen LogP contribution in [0.5, 0.6) is 0 Å². The van der Waals surface area contributed by atoms with E-state index in [0.717, 1.165) is 18.5 Å². The molecule has 1 aliphatic carbocycles. The SMILES string of the molecule is Cn1ccc(CC(C)(O)C2(C)CC2)n1.